The first kappa shape index (κ1) is 14.2. The molecule has 0 bridgehead atoms. The molecule has 1 aromatic heterocycles. The van der Waals surface area contributed by atoms with Gasteiger partial charge in [-0.15, -0.1) is 11.0 Å². The number of hydrogen-bond donors (Lipinski definition) is 1. The van der Waals surface area contributed by atoms with E-state index in [4.69, 9.17) is 4.74 Å². The zero-order valence-corrected chi connectivity index (χ0v) is 12.4. The maximum Gasteiger partial charge on any atom is 0.253 e. The van der Waals surface area contributed by atoms with E-state index in [1.165, 1.54) is 17.3 Å². The van der Waals surface area contributed by atoms with Crippen molar-refractivity contribution in [3.63, 3.8) is 0 Å². The Morgan fingerprint density at radius 1 is 1.63 bits per heavy atom. The van der Waals surface area contributed by atoms with Gasteiger partial charge in [-0.1, -0.05) is 19.1 Å². The minimum absolute atomic E-state index is 0.312. The van der Waals surface area contributed by atoms with Crippen molar-refractivity contribution in [1.29, 1.82) is 0 Å². The lowest BCUT2D eigenvalue weighted by Gasteiger charge is -2.21. The SMILES string of the molecule is C=CC(C)CCOc1nsnc1C1=CCCNC1C. The Bertz CT molecular complexity index is 455. The molecule has 2 atom stereocenters. The average Bonchev–Trinajstić information content (AvgIpc) is 2.87. The Hall–Kier alpha value is -1.20. The second-order valence-corrected chi connectivity index (χ2v) is 5.42. The molecule has 1 aromatic rings. The minimum Gasteiger partial charge on any atom is -0.475 e. The molecule has 0 fully saturated rings. The van der Waals surface area contributed by atoms with E-state index in [1.54, 1.807) is 0 Å². The minimum atomic E-state index is 0.312. The standard InChI is InChI=1S/C14H21N3OS/c1-4-10(2)7-9-18-14-13(16-19-17-14)12-6-5-8-15-11(12)3/h4,6,10-11,15H,1,5,7-9H2,2-3H3. The Kier molecular flexibility index (Phi) is 5.10. The Balaban J connectivity index is 2.01. The van der Waals surface area contributed by atoms with Gasteiger partial charge in [0.1, 0.15) is 5.69 Å². The van der Waals surface area contributed by atoms with Gasteiger partial charge in [0.2, 0.25) is 0 Å². The topological polar surface area (TPSA) is 47.0 Å². The van der Waals surface area contributed by atoms with Crippen molar-refractivity contribution in [3.05, 3.63) is 24.4 Å². The van der Waals surface area contributed by atoms with Crippen LogP contribution in [-0.2, 0) is 0 Å². The van der Waals surface area contributed by atoms with E-state index >= 15 is 0 Å². The highest BCUT2D eigenvalue weighted by atomic mass is 32.1. The molecule has 1 aliphatic rings. The smallest absolute Gasteiger partial charge is 0.253 e. The molecular formula is C14H21N3OS. The normalized spacial score (nSPS) is 20.7. The van der Waals surface area contributed by atoms with Gasteiger partial charge in [0.25, 0.3) is 5.88 Å². The second kappa shape index (κ2) is 6.82. The van der Waals surface area contributed by atoms with Crippen LogP contribution in [0.5, 0.6) is 5.88 Å². The second-order valence-electron chi connectivity index (χ2n) is 4.89. The molecule has 2 unspecified atom stereocenters. The fourth-order valence-corrected chi connectivity index (χ4v) is 2.55. The number of aromatic nitrogens is 2. The largest absolute Gasteiger partial charge is 0.475 e. The molecule has 0 spiro atoms. The number of ether oxygens (including phenoxy) is 1. The molecule has 1 N–H and O–H groups in total. The third-order valence-corrected chi connectivity index (χ3v) is 3.88. The highest BCUT2D eigenvalue weighted by molar-refractivity contribution is 6.99. The molecule has 0 saturated carbocycles. The van der Waals surface area contributed by atoms with Crippen LogP contribution in [-0.4, -0.2) is 27.9 Å². The van der Waals surface area contributed by atoms with Crippen molar-refractivity contribution in [2.45, 2.75) is 32.7 Å². The van der Waals surface area contributed by atoms with Crippen LogP contribution in [0.15, 0.2) is 18.7 Å². The molecule has 5 heteroatoms. The van der Waals surface area contributed by atoms with Crippen LogP contribution in [0.4, 0.5) is 0 Å². The van der Waals surface area contributed by atoms with E-state index in [2.05, 4.69) is 40.6 Å². The summed E-state index contributed by atoms with van der Waals surface area (Å²) in [6, 6.07) is 0.312. The Labute approximate surface area is 118 Å². The first-order valence-corrected chi connectivity index (χ1v) is 7.47. The van der Waals surface area contributed by atoms with Gasteiger partial charge in [0.05, 0.1) is 18.3 Å². The number of allylic oxidation sites excluding steroid dienone is 1. The van der Waals surface area contributed by atoms with Gasteiger partial charge in [-0.05, 0) is 37.8 Å². The van der Waals surface area contributed by atoms with Gasteiger partial charge in [0, 0.05) is 6.04 Å². The van der Waals surface area contributed by atoms with Gasteiger partial charge in [0.15, 0.2) is 0 Å². The predicted molar refractivity (Wildman–Crippen MR) is 79.4 cm³/mol. The van der Waals surface area contributed by atoms with E-state index in [9.17, 15) is 0 Å². The monoisotopic (exact) mass is 279 g/mol. The van der Waals surface area contributed by atoms with Crippen LogP contribution in [0.1, 0.15) is 32.4 Å². The molecule has 0 amide bonds. The first-order chi connectivity index (χ1) is 9.22. The number of rotatable bonds is 6. The third-order valence-electron chi connectivity index (χ3n) is 3.37. The molecule has 104 valence electrons. The van der Waals surface area contributed by atoms with Crippen molar-refractivity contribution < 1.29 is 4.74 Å². The molecular weight excluding hydrogens is 258 g/mol. The highest BCUT2D eigenvalue weighted by Crippen LogP contribution is 2.28. The van der Waals surface area contributed by atoms with E-state index < -0.39 is 0 Å². The van der Waals surface area contributed by atoms with Gasteiger partial charge in [-0.2, -0.15) is 4.37 Å². The first-order valence-electron chi connectivity index (χ1n) is 6.74. The molecule has 0 aliphatic carbocycles. The summed E-state index contributed by atoms with van der Waals surface area (Å²) in [5.41, 5.74) is 2.10. The molecule has 2 heterocycles. The highest BCUT2D eigenvalue weighted by Gasteiger charge is 2.21. The molecule has 0 aromatic carbocycles. The van der Waals surface area contributed by atoms with Crippen molar-refractivity contribution in [2.75, 3.05) is 13.2 Å². The molecule has 19 heavy (non-hydrogen) atoms. The maximum atomic E-state index is 5.77. The Morgan fingerprint density at radius 2 is 2.47 bits per heavy atom. The van der Waals surface area contributed by atoms with Gasteiger partial charge < -0.3 is 10.1 Å². The van der Waals surface area contributed by atoms with Crippen LogP contribution in [0, 0.1) is 5.92 Å². The molecule has 0 radical (unpaired) electrons. The predicted octanol–water partition coefficient (Wildman–Crippen LogP) is 2.89. The average molecular weight is 279 g/mol. The molecule has 2 rings (SSSR count). The lowest BCUT2D eigenvalue weighted by atomic mass is 10.0. The van der Waals surface area contributed by atoms with Crippen LogP contribution in [0.2, 0.25) is 0 Å². The van der Waals surface area contributed by atoms with Gasteiger partial charge in [-0.25, -0.2) is 0 Å². The van der Waals surface area contributed by atoms with E-state index in [-0.39, 0.29) is 0 Å². The third kappa shape index (κ3) is 3.64. The van der Waals surface area contributed by atoms with E-state index in [1.807, 2.05) is 6.08 Å². The molecule has 4 nitrogen and oxygen atoms in total. The fourth-order valence-electron chi connectivity index (χ4n) is 2.03. The molecule has 0 saturated heterocycles. The summed E-state index contributed by atoms with van der Waals surface area (Å²) in [6.07, 6.45) is 6.16. The zero-order valence-electron chi connectivity index (χ0n) is 11.6. The van der Waals surface area contributed by atoms with Crippen molar-refractivity contribution in [3.8, 4) is 5.88 Å². The Morgan fingerprint density at radius 3 is 3.21 bits per heavy atom. The van der Waals surface area contributed by atoms with Crippen molar-refractivity contribution in [2.24, 2.45) is 5.92 Å². The molecule has 1 aliphatic heterocycles. The number of hydrogen-bond acceptors (Lipinski definition) is 5. The maximum absolute atomic E-state index is 5.77. The van der Waals surface area contributed by atoms with Gasteiger partial charge >= 0.3 is 0 Å². The van der Waals surface area contributed by atoms with E-state index in [0.717, 1.165) is 25.1 Å². The summed E-state index contributed by atoms with van der Waals surface area (Å²) in [5, 5.41) is 3.43. The van der Waals surface area contributed by atoms with Gasteiger partial charge in [-0.3, -0.25) is 0 Å². The summed E-state index contributed by atoms with van der Waals surface area (Å²) < 4.78 is 14.4. The van der Waals surface area contributed by atoms with E-state index in [0.29, 0.717) is 24.4 Å². The lowest BCUT2D eigenvalue weighted by molar-refractivity contribution is 0.286. The summed E-state index contributed by atoms with van der Waals surface area (Å²) in [6.45, 7) is 9.73. The van der Waals surface area contributed by atoms with Crippen LogP contribution in [0.3, 0.4) is 0 Å². The summed E-state index contributed by atoms with van der Waals surface area (Å²) in [7, 11) is 0. The van der Waals surface area contributed by atoms with Crippen molar-refractivity contribution in [1.82, 2.24) is 14.1 Å². The quantitative estimate of drug-likeness (QED) is 0.813. The number of nitrogens with one attached hydrogen (secondary N) is 1. The van der Waals surface area contributed by atoms with Crippen LogP contribution in [0.25, 0.3) is 5.57 Å². The van der Waals surface area contributed by atoms with Crippen LogP contribution < -0.4 is 10.1 Å². The van der Waals surface area contributed by atoms with Crippen molar-refractivity contribution >= 4 is 17.3 Å². The zero-order chi connectivity index (χ0) is 13.7. The summed E-state index contributed by atoms with van der Waals surface area (Å²) >= 11 is 1.21. The van der Waals surface area contributed by atoms with Crippen LogP contribution >= 0.6 is 11.7 Å². The summed E-state index contributed by atoms with van der Waals surface area (Å²) in [5.74, 6) is 1.13. The number of nitrogens with zero attached hydrogens (tertiary/aromatic N) is 2. The lowest BCUT2D eigenvalue weighted by Crippen LogP contribution is -2.31. The summed E-state index contributed by atoms with van der Waals surface area (Å²) in [4.78, 5) is 0. The fraction of sp³-hybridized carbons (Fsp3) is 0.571.